The van der Waals surface area contributed by atoms with Crippen LogP contribution in [0.1, 0.15) is 22.3 Å². The molecule has 1 saturated heterocycles. The van der Waals surface area contributed by atoms with Gasteiger partial charge in [0.2, 0.25) is 11.8 Å². The first kappa shape index (κ1) is 22.4. The van der Waals surface area contributed by atoms with Gasteiger partial charge in [-0.3, -0.25) is 14.5 Å². The standard InChI is InChI=1S/C31H24N4O4/c1-16-6-13-26(25(14-16)35-32-23-4-2-3-5-24(23)33-35)39-31(38)17-7-9-18(10-8-17)34-29(36)27-19-11-12-20(22-15-21(19)22)28(27)30(34)37/h2-14,19-22,27-28H,15H2,1H3/t19-,20-,21-,22+,27+,28+/m0/s1. The number of esters is 1. The molecule has 8 heteroatoms. The molecule has 9 rings (SSSR count). The van der Waals surface area contributed by atoms with Crippen LogP contribution >= 0.6 is 0 Å². The van der Waals surface area contributed by atoms with Gasteiger partial charge in [-0.1, -0.05) is 30.4 Å². The van der Waals surface area contributed by atoms with Gasteiger partial charge >= 0.3 is 5.97 Å². The topological polar surface area (TPSA) is 94.4 Å². The smallest absolute Gasteiger partial charge is 0.343 e. The first-order valence-electron chi connectivity index (χ1n) is 13.3. The number of benzene rings is 3. The Morgan fingerprint density at radius 2 is 1.46 bits per heavy atom. The van der Waals surface area contributed by atoms with Gasteiger partial charge in [0.05, 0.1) is 23.1 Å². The number of hydrogen-bond acceptors (Lipinski definition) is 6. The van der Waals surface area contributed by atoms with Crippen molar-refractivity contribution in [2.24, 2.45) is 35.5 Å². The Kier molecular flexibility index (Phi) is 4.57. The molecule has 2 bridgehead atoms. The van der Waals surface area contributed by atoms with E-state index in [-0.39, 0.29) is 35.5 Å². The third-order valence-corrected chi connectivity index (χ3v) is 8.84. The fourth-order valence-corrected chi connectivity index (χ4v) is 6.95. The van der Waals surface area contributed by atoms with Crippen LogP contribution < -0.4 is 9.64 Å². The van der Waals surface area contributed by atoms with Crippen LogP contribution in [-0.4, -0.2) is 32.8 Å². The number of anilines is 1. The highest BCUT2D eigenvalue weighted by atomic mass is 16.5. The predicted molar refractivity (Wildman–Crippen MR) is 142 cm³/mol. The molecule has 6 atom stereocenters. The van der Waals surface area contributed by atoms with E-state index >= 15 is 0 Å². The minimum atomic E-state index is -0.557. The van der Waals surface area contributed by atoms with E-state index in [1.807, 2.05) is 43.3 Å². The molecule has 3 aromatic carbocycles. The number of aryl methyl sites for hydroxylation is 1. The minimum absolute atomic E-state index is 0.117. The van der Waals surface area contributed by atoms with Gasteiger partial charge < -0.3 is 4.74 Å². The fraction of sp³-hybridized carbons (Fsp3) is 0.258. The molecule has 0 spiro atoms. The molecule has 5 aliphatic rings. The van der Waals surface area contributed by atoms with E-state index in [2.05, 4.69) is 22.3 Å². The SMILES string of the molecule is Cc1ccc(OC(=O)c2ccc(N3C(=O)[C@@H]4[C@H]5C=C[C@@H]([C@@H]6C[C@H]56)[C@H]4C3=O)cc2)c(-n2nc3ccccc3n2)c1. The molecule has 0 radical (unpaired) electrons. The zero-order valence-corrected chi connectivity index (χ0v) is 21.1. The van der Waals surface area contributed by atoms with Crippen LogP contribution in [0, 0.1) is 42.4 Å². The van der Waals surface area contributed by atoms with Crippen LogP contribution in [0.2, 0.25) is 0 Å². The molecule has 2 saturated carbocycles. The summed E-state index contributed by atoms with van der Waals surface area (Å²) >= 11 is 0. The van der Waals surface area contributed by atoms with Crippen molar-refractivity contribution in [2.75, 3.05) is 4.90 Å². The van der Waals surface area contributed by atoms with Crippen molar-refractivity contribution in [3.63, 3.8) is 0 Å². The Morgan fingerprint density at radius 1 is 0.846 bits per heavy atom. The van der Waals surface area contributed by atoms with E-state index in [0.29, 0.717) is 34.5 Å². The number of carbonyl (C=O) groups excluding carboxylic acids is 3. The quantitative estimate of drug-likeness (QED) is 0.172. The average molecular weight is 517 g/mol. The van der Waals surface area contributed by atoms with E-state index < -0.39 is 5.97 Å². The van der Waals surface area contributed by atoms with Crippen LogP contribution in [0.3, 0.4) is 0 Å². The van der Waals surface area contributed by atoms with Crippen molar-refractivity contribution in [3.05, 3.63) is 90.0 Å². The Labute approximate surface area is 223 Å². The van der Waals surface area contributed by atoms with E-state index in [1.165, 1.54) is 9.70 Å². The second-order valence-corrected chi connectivity index (χ2v) is 11.1. The zero-order valence-electron chi connectivity index (χ0n) is 21.1. The van der Waals surface area contributed by atoms with Crippen molar-refractivity contribution in [1.29, 1.82) is 0 Å². The monoisotopic (exact) mass is 516 g/mol. The van der Waals surface area contributed by atoms with Crippen LogP contribution in [-0.2, 0) is 9.59 Å². The molecule has 2 heterocycles. The highest BCUT2D eigenvalue weighted by Gasteiger charge is 2.67. The van der Waals surface area contributed by atoms with Gasteiger partial charge in [0.1, 0.15) is 16.7 Å². The normalized spacial score (nSPS) is 28.1. The van der Waals surface area contributed by atoms with Crippen LogP contribution in [0.25, 0.3) is 16.7 Å². The molecule has 2 amide bonds. The molecular formula is C31H24N4O4. The number of nitrogens with zero attached hydrogens (tertiary/aromatic N) is 4. The van der Waals surface area contributed by atoms with Crippen molar-refractivity contribution in [2.45, 2.75) is 13.3 Å². The predicted octanol–water partition coefficient (Wildman–Crippen LogP) is 4.51. The molecule has 0 unspecified atom stereocenters. The number of fused-ring (bicyclic) bond motifs is 1. The van der Waals surface area contributed by atoms with Gasteiger partial charge in [0.15, 0.2) is 5.75 Å². The summed E-state index contributed by atoms with van der Waals surface area (Å²) in [5.41, 5.74) is 3.79. The Balaban J connectivity index is 1.05. The van der Waals surface area contributed by atoms with Gasteiger partial charge in [-0.05, 0) is 91.1 Å². The fourth-order valence-electron chi connectivity index (χ4n) is 6.95. The lowest BCUT2D eigenvalue weighted by atomic mass is 9.63. The van der Waals surface area contributed by atoms with Gasteiger partial charge in [0.25, 0.3) is 0 Å². The highest BCUT2D eigenvalue weighted by molar-refractivity contribution is 6.22. The number of amides is 2. The molecule has 8 nitrogen and oxygen atoms in total. The summed E-state index contributed by atoms with van der Waals surface area (Å²) in [6, 6.07) is 19.5. The first-order valence-corrected chi connectivity index (χ1v) is 13.3. The third kappa shape index (κ3) is 3.27. The largest absolute Gasteiger partial charge is 0.421 e. The number of hydrogen-bond donors (Lipinski definition) is 0. The van der Waals surface area contributed by atoms with E-state index in [1.54, 1.807) is 30.3 Å². The summed E-state index contributed by atoms with van der Waals surface area (Å²) in [6.07, 6.45) is 5.45. The number of allylic oxidation sites excluding steroid dienone is 2. The Hall–Kier alpha value is -4.59. The molecule has 4 aromatic rings. The molecule has 1 aliphatic heterocycles. The molecule has 192 valence electrons. The van der Waals surface area contributed by atoms with Gasteiger partial charge in [-0.15, -0.1) is 15.0 Å². The average Bonchev–Trinajstić information content (AvgIpc) is 3.60. The van der Waals surface area contributed by atoms with Gasteiger partial charge in [-0.2, -0.15) is 0 Å². The van der Waals surface area contributed by atoms with E-state index in [0.717, 1.165) is 23.0 Å². The maximum Gasteiger partial charge on any atom is 0.343 e. The van der Waals surface area contributed by atoms with Crippen LogP contribution in [0.5, 0.6) is 5.75 Å². The summed E-state index contributed by atoms with van der Waals surface area (Å²) in [5, 5.41) is 9.06. The lowest BCUT2D eigenvalue weighted by Gasteiger charge is -2.37. The van der Waals surface area contributed by atoms with E-state index in [9.17, 15) is 14.4 Å². The molecule has 1 aromatic heterocycles. The molecule has 3 fully saturated rings. The Bertz CT molecular complexity index is 1670. The summed E-state index contributed by atoms with van der Waals surface area (Å²) in [6.45, 7) is 1.94. The summed E-state index contributed by atoms with van der Waals surface area (Å²) in [5.74, 6) is 0.472. The number of ether oxygens (including phenoxy) is 1. The molecule has 39 heavy (non-hydrogen) atoms. The second-order valence-electron chi connectivity index (χ2n) is 11.1. The van der Waals surface area contributed by atoms with Gasteiger partial charge in [-0.25, -0.2) is 4.79 Å². The maximum absolute atomic E-state index is 13.4. The first-order chi connectivity index (χ1) is 19.0. The Morgan fingerprint density at radius 3 is 2.08 bits per heavy atom. The van der Waals surface area contributed by atoms with Crippen molar-refractivity contribution in [3.8, 4) is 11.4 Å². The lowest BCUT2D eigenvalue weighted by molar-refractivity contribution is -0.124. The lowest BCUT2D eigenvalue weighted by Crippen LogP contribution is -2.40. The maximum atomic E-state index is 13.4. The van der Waals surface area contributed by atoms with Crippen molar-refractivity contribution in [1.82, 2.24) is 15.0 Å². The van der Waals surface area contributed by atoms with Crippen molar-refractivity contribution < 1.29 is 19.1 Å². The minimum Gasteiger partial charge on any atom is -0.421 e. The van der Waals surface area contributed by atoms with Crippen LogP contribution in [0.15, 0.2) is 78.9 Å². The summed E-state index contributed by atoms with van der Waals surface area (Å²) in [7, 11) is 0. The number of aromatic nitrogens is 3. The second kappa shape index (κ2) is 7.96. The third-order valence-electron chi connectivity index (χ3n) is 8.84. The number of rotatable bonds is 4. The van der Waals surface area contributed by atoms with Crippen LogP contribution in [0.4, 0.5) is 5.69 Å². The summed E-state index contributed by atoms with van der Waals surface area (Å²) in [4.78, 5) is 42.7. The molecular weight excluding hydrogens is 492 g/mol. The molecule has 0 N–H and O–H groups in total. The number of carbonyl (C=O) groups is 3. The summed E-state index contributed by atoms with van der Waals surface area (Å²) < 4.78 is 5.78. The molecule has 4 aliphatic carbocycles. The highest BCUT2D eigenvalue weighted by Crippen LogP contribution is 2.65. The van der Waals surface area contributed by atoms with Crippen molar-refractivity contribution >= 4 is 34.5 Å². The zero-order chi connectivity index (χ0) is 26.4. The number of imide groups is 1. The van der Waals surface area contributed by atoms with E-state index in [4.69, 9.17) is 4.74 Å². The van der Waals surface area contributed by atoms with Gasteiger partial charge in [0, 0.05) is 0 Å².